The van der Waals surface area contributed by atoms with Crippen LogP contribution in [0.25, 0.3) is 0 Å². The molecule has 0 saturated carbocycles. The number of fused-ring (bicyclic) bond motifs is 2. The SMILES string of the molecule is CC(C)OC(=O)N[C@H]1c2ccccc2CSc2ccccc21. The summed E-state index contributed by atoms with van der Waals surface area (Å²) in [4.78, 5) is 13.3. The van der Waals surface area contributed by atoms with Crippen LogP contribution in [0.15, 0.2) is 53.4 Å². The molecule has 2 aromatic carbocycles. The smallest absolute Gasteiger partial charge is 0.408 e. The van der Waals surface area contributed by atoms with Crippen LogP contribution in [0.4, 0.5) is 4.79 Å². The molecule has 114 valence electrons. The third-order valence-electron chi connectivity index (χ3n) is 3.58. The highest BCUT2D eigenvalue weighted by molar-refractivity contribution is 7.98. The number of rotatable bonds is 2. The van der Waals surface area contributed by atoms with Gasteiger partial charge in [0.05, 0.1) is 12.1 Å². The highest BCUT2D eigenvalue weighted by Gasteiger charge is 2.25. The van der Waals surface area contributed by atoms with Gasteiger partial charge in [-0.3, -0.25) is 0 Å². The maximum Gasteiger partial charge on any atom is 0.408 e. The average molecular weight is 313 g/mol. The molecule has 2 aromatic rings. The maximum absolute atomic E-state index is 12.1. The Morgan fingerprint density at radius 2 is 1.82 bits per heavy atom. The van der Waals surface area contributed by atoms with E-state index in [0.717, 1.165) is 16.9 Å². The fourth-order valence-corrected chi connectivity index (χ4v) is 3.74. The topological polar surface area (TPSA) is 38.3 Å². The standard InChI is InChI=1S/C18H19NO2S/c1-12(2)21-18(20)19-17-14-8-4-3-7-13(14)11-22-16-10-6-5-9-15(16)17/h3-10,12,17H,11H2,1-2H3,(H,19,20)/t17-/m0/s1. The predicted octanol–water partition coefficient (Wildman–Crippen LogP) is 4.52. The Morgan fingerprint density at radius 3 is 2.59 bits per heavy atom. The fraction of sp³-hybridized carbons (Fsp3) is 0.278. The van der Waals surface area contributed by atoms with Crippen LogP contribution in [0.1, 0.15) is 36.6 Å². The number of amides is 1. The van der Waals surface area contributed by atoms with Gasteiger partial charge >= 0.3 is 6.09 Å². The van der Waals surface area contributed by atoms with E-state index >= 15 is 0 Å². The van der Waals surface area contributed by atoms with E-state index in [0.29, 0.717) is 0 Å². The normalized spacial score (nSPS) is 16.4. The Kier molecular flexibility index (Phi) is 4.39. The van der Waals surface area contributed by atoms with Crippen molar-refractivity contribution in [2.24, 2.45) is 0 Å². The van der Waals surface area contributed by atoms with Gasteiger partial charge in [0.15, 0.2) is 0 Å². The van der Waals surface area contributed by atoms with E-state index in [2.05, 4.69) is 29.6 Å². The summed E-state index contributed by atoms with van der Waals surface area (Å²) in [6.45, 7) is 3.70. The van der Waals surface area contributed by atoms with Gasteiger partial charge in [-0.15, -0.1) is 11.8 Å². The summed E-state index contributed by atoms with van der Waals surface area (Å²) in [5.74, 6) is 0.907. The molecule has 0 unspecified atom stereocenters. The van der Waals surface area contributed by atoms with Crippen LogP contribution in [0, 0.1) is 0 Å². The van der Waals surface area contributed by atoms with Gasteiger partial charge in [-0.05, 0) is 36.6 Å². The highest BCUT2D eigenvalue weighted by atomic mass is 32.2. The molecule has 0 fully saturated rings. The molecule has 0 radical (unpaired) electrons. The van der Waals surface area contributed by atoms with Crippen molar-refractivity contribution >= 4 is 17.9 Å². The minimum atomic E-state index is -0.378. The summed E-state index contributed by atoms with van der Waals surface area (Å²) in [7, 11) is 0. The van der Waals surface area contributed by atoms with Crippen LogP contribution in [0.2, 0.25) is 0 Å². The van der Waals surface area contributed by atoms with E-state index in [1.54, 1.807) is 11.8 Å². The van der Waals surface area contributed by atoms with E-state index in [4.69, 9.17) is 4.74 Å². The lowest BCUT2D eigenvalue weighted by atomic mass is 9.95. The van der Waals surface area contributed by atoms with E-state index in [-0.39, 0.29) is 18.2 Å². The summed E-state index contributed by atoms with van der Waals surface area (Å²) in [5.41, 5.74) is 3.51. The van der Waals surface area contributed by atoms with Crippen molar-refractivity contribution in [3.63, 3.8) is 0 Å². The largest absolute Gasteiger partial charge is 0.447 e. The number of thioether (sulfide) groups is 1. The third kappa shape index (κ3) is 3.12. The van der Waals surface area contributed by atoms with Gasteiger partial charge in [0.1, 0.15) is 0 Å². The highest BCUT2D eigenvalue weighted by Crippen LogP contribution is 2.39. The molecule has 0 saturated heterocycles. The molecule has 3 rings (SSSR count). The zero-order valence-electron chi connectivity index (χ0n) is 12.7. The van der Waals surface area contributed by atoms with Crippen LogP contribution in [-0.2, 0) is 10.5 Å². The number of nitrogens with one attached hydrogen (secondary N) is 1. The first-order valence-electron chi connectivity index (χ1n) is 7.42. The number of carbonyl (C=O) groups excluding carboxylic acids is 1. The molecule has 1 aliphatic rings. The van der Waals surface area contributed by atoms with E-state index in [1.165, 1.54) is 10.5 Å². The van der Waals surface area contributed by atoms with Crippen LogP contribution < -0.4 is 5.32 Å². The summed E-state index contributed by atoms with van der Waals surface area (Å²) >= 11 is 1.80. The average Bonchev–Trinajstić information content (AvgIpc) is 2.65. The van der Waals surface area contributed by atoms with Crippen molar-refractivity contribution < 1.29 is 9.53 Å². The lowest BCUT2D eigenvalue weighted by Gasteiger charge is -2.21. The molecule has 22 heavy (non-hydrogen) atoms. The molecule has 1 amide bonds. The van der Waals surface area contributed by atoms with Crippen molar-refractivity contribution in [3.05, 3.63) is 65.2 Å². The van der Waals surface area contributed by atoms with Gasteiger partial charge in [-0.2, -0.15) is 0 Å². The van der Waals surface area contributed by atoms with E-state index < -0.39 is 0 Å². The summed E-state index contributed by atoms with van der Waals surface area (Å²) < 4.78 is 5.27. The van der Waals surface area contributed by atoms with Crippen molar-refractivity contribution in [1.29, 1.82) is 0 Å². The first-order chi connectivity index (χ1) is 10.6. The molecule has 1 N–H and O–H groups in total. The Morgan fingerprint density at radius 1 is 1.14 bits per heavy atom. The van der Waals surface area contributed by atoms with Crippen LogP contribution in [0.3, 0.4) is 0 Å². The molecular weight excluding hydrogens is 294 g/mol. The van der Waals surface area contributed by atoms with Crippen molar-refractivity contribution in [2.45, 2.75) is 36.6 Å². The molecule has 0 spiro atoms. The molecule has 1 aliphatic heterocycles. The monoisotopic (exact) mass is 313 g/mol. The Hall–Kier alpha value is -1.94. The number of carbonyl (C=O) groups is 1. The first kappa shape index (κ1) is 15.0. The van der Waals surface area contributed by atoms with Gasteiger partial charge < -0.3 is 10.1 Å². The van der Waals surface area contributed by atoms with Crippen molar-refractivity contribution in [3.8, 4) is 0 Å². The predicted molar refractivity (Wildman–Crippen MR) is 89.0 cm³/mol. The molecule has 4 heteroatoms. The Balaban J connectivity index is 2.00. The maximum atomic E-state index is 12.1. The lowest BCUT2D eigenvalue weighted by molar-refractivity contribution is 0.113. The van der Waals surface area contributed by atoms with Gasteiger partial charge in [0.25, 0.3) is 0 Å². The third-order valence-corrected chi connectivity index (χ3v) is 4.72. The Labute approximate surface area is 135 Å². The van der Waals surface area contributed by atoms with Crippen LogP contribution in [-0.4, -0.2) is 12.2 Å². The minimum Gasteiger partial charge on any atom is -0.447 e. The quantitative estimate of drug-likeness (QED) is 0.886. The lowest BCUT2D eigenvalue weighted by Crippen LogP contribution is -2.32. The minimum absolute atomic E-state index is 0.134. The number of hydrogen-bond donors (Lipinski definition) is 1. The van der Waals surface area contributed by atoms with Crippen LogP contribution in [0.5, 0.6) is 0 Å². The van der Waals surface area contributed by atoms with Crippen LogP contribution >= 0.6 is 11.8 Å². The molecular formula is C18H19NO2S. The molecule has 0 aromatic heterocycles. The van der Waals surface area contributed by atoms with Gasteiger partial charge in [-0.25, -0.2) is 4.79 Å². The summed E-state index contributed by atoms with van der Waals surface area (Å²) in [6.07, 6.45) is -0.512. The van der Waals surface area contributed by atoms with Gasteiger partial charge in [0, 0.05) is 10.6 Å². The zero-order valence-corrected chi connectivity index (χ0v) is 13.5. The first-order valence-corrected chi connectivity index (χ1v) is 8.40. The number of benzene rings is 2. The van der Waals surface area contributed by atoms with E-state index in [1.807, 2.05) is 38.1 Å². The molecule has 1 atom stereocenters. The second kappa shape index (κ2) is 6.44. The van der Waals surface area contributed by atoms with Crippen molar-refractivity contribution in [2.75, 3.05) is 0 Å². The number of hydrogen-bond acceptors (Lipinski definition) is 3. The van der Waals surface area contributed by atoms with Crippen molar-refractivity contribution in [1.82, 2.24) is 5.32 Å². The summed E-state index contributed by atoms with van der Waals surface area (Å²) in [6, 6.07) is 16.3. The molecule has 3 nitrogen and oxygen atoms in total. The zero-order chi connectivity index (χ0) is 15.5. The van der Waals surface area contributed by atoms with Gasteiger partial charge in [-0.1, -0.05) is 42.5 Å². The number of alkyl carbamates (subject to hydrolysis) is 1. The molecule has 0 bridgehead atoms. The second-order valence-electron chi connectivity index (χ2n) is 5.56. The second-order valence-corrected chi connectivity index (χ2v) is 6.57. The number of ether oxygens (including phenoxy) is 1. The van der Waals surface area contributed by atoms with Gasteiger partial charge in [0.2, 0.25) is 0 Å². The fourth-order valence-electron chi connectivity index (χ4n) is 2.64. The summed E-state index contributed by atoms with van der Waals surface area (Å²) in [5, 5.41) is 3.03. The Bertz CT molecular complexity index is 637. The van der Waals surface area contributed by atoms with E-state index in [9.17, 15) is 4.79 Å². The molecule has 1 heterocycles. The molecule has 0 aliphatic carbocycles.